The van der Waals surface area contributed by atoms with Crippen molar-refractivity contribution in [2.75, 3.05) is 19.6 Å². The predicted octanol–water partition coefficient (Wildman–Crippen LogP) is 2.23. The molecule has 1 aliphatic carbocycles. The number of rotatable bonds is 3. The van der Waals surface area contributed by atoms with Crippen molar-refractivity contribution in [3.63, 3.8) is 0 Å². The van der Waals surface area contributed by atoms with Gasteiger partial charge in [0, 0.05) is 13.1 Å². The maximum Gasteiger partial charge on any atom is 0.410 e. The molecular weight excluding hydrogens is 228 g/mol. The Labute approximate surface area is 110 Å². The molecule has 1 aliphatic heterocycles. The fourth-order valence-corrected chi connectivity index (χ4v) is 2.92. The van der Waals surface area contributed by atoms with Gasteiger partial charge >= 0.3 is 6.09 Å². The van der Waals surface area contributed by atoms with Gasteiger partial charge in [0.1, 0.15) is 5.60 Å². The fourth-order valence-electron chi connectivity index (χ4n) is 2.92. The number of nitrogens with zero attached hydrogens (tertiary/aromatic N) is 1. The lowest BCUT2D eigenvalue weighted by molar-refractivity contribution is 0.0282. The van der Waals surface area contributed by atoms with E-state index in [-0.39, 0.29) is 6.09 Å². The van der Waals surface area contributed by atoms with Crippen LogP contribution < -0.4 is 5.73 Å². The van der Waals surface area contributed by atoms with Crippen molar-refractivity contribution in [3.05, 3.63) is 0 Å². The number of ether oxygens (including phenoxy) is 1. The molecule has 2 fully saturated rings. The highest BCUT2D eigenvalue weighted by atomic mass is 16.6. The van der Waals surface area contributed by atoms with Gasteiger partial charge in [-0.3, -0.25) is 0 Å². The number of carbonyl (C=O) groups excluding carboxylic acids is 1. The van der Waals surface area contributed by atoms with Crippen molar-refractivity contribution in [1.29, 1.82) is 0 Å². The molecule has 0 aromatic heterocycles. The Morgan fingerprint density at radius 1 is 1.33 bits per heavy atom. The standard InChI is InChI=1S/C14H26N2O2/c1-14(2,3)18-13(17)16-7-6-11(9-16)12(8-15)10-4-5-10/h10-12H,4-9,15H2,1-3H3. The molecule has 2 aliphatic rings. The summed E-state index contributed by atoms with van der Waals surface area (Å²) in [6.45, 7) is 8.13. The third-order valence-corrected chi connectivity index (χ3v) is 3.98. The number of likely N-dealkylation sites (tertiary alicyclic amines) is 1. The Morgan fingerprint density at radius 3 is 2.50 bits per heavy atom. The van der Waals surface area contributed by atoms with E-state index >= 15 is 0 Å². The third kappa shape index (κ3) is 3.37. The molecule has 0 radical (unpaired) electrons. The van der Waals surface area contributed by atoms with Crippen molar-refractivity contribution in [2.24, 2.45) is 23.5 Å². The second-order valence-corrected chi connectivity index (χ2v) is 6.71. The van der Waals surface area contributed by atoms with Crippen LogP contribution in [0.4, 0.5) is 4.79 Å². The van der Waals surface area contributed by atoms with Crippen LogP contribution in [-0.4, -0.2) is 36.2 Å². The zero-order valence-electron chi connectivity index (χ0n) is 11.8. The topological polar surface area (TPSA) is 55.6 Å². The van der Waals surface area contributed by atoms with Crippen molar-refractivity contribution in [2.45, 2.75) is 45.6 Å². The first-order chi connectivity index (χ1) is 8.40. The number of carbonyl (C=O) groups is 1. The van der Waals surface area contributed by atoms with Gasteiger partial charge < -0.3 is 15.4 Å². The molecule has 2 N–H and O–H groups in total. The summed E-state index contributed by atoms with van der Waals surface area (Å²) in [6.07, 6.45) is 3.56. The number of amides is 1. The molecule has 1 heterocycles. The minimum absolute atomic E-state index is 0.170. The summed E-state index contributed by atoms with van der Waals surface area (Å²) in [7, 11) is 0. The largest absolute Gasteiger partial charge is 0.444 e. The maximum absolute atomic E-state index is 12.0. The van der Waals surface area contributed by atoms with Gasteiger partial charge in [0.2, 0.25) is 0 Å². The smallest absolute Gasteiger partial charge is 0.410 e. The van der Waals surface area contributed by atoms with Crippen LogP contribution in [0.5, 0.6) is 0 Å². The number of nitrogens with two attached hydrogens (primary N) is 1. The van der Waals surface area contributed by atoms with Crippen LogP contribution in [0.1, 0.15) is 40.0 Å². The van der Waals surface area contributed by atoms with Gasteiger partial charge in [0.25, 0.3) is 0 Å². The quantitative estimate of drug-likeness (QED) is 0.840. The molecule has 104 valence electrons. The molecule has 4 heteroatoms. The lowest BCUT2D eigenvalue weighted by Gasteiger charge is -2.25. The van der Waals surface area contributed by atoms with Crippen LogP contribution in [0.25, 0.3) is 0 Å². The second-order valence-electron chi connectivity index (χ2n) is 6.71. The van der Waals surface area contributed by atoms with Gasteiger partial charge in [-0.25, -0.2) is 4.79 Å². The highest BCUT2D eigenvalue weighted by Gasteiger charge is 2.40. The van der Waals surface area contributed by atoms with Crippen LogP contribution in [0, 0.1) is 17.8 Å². The van der Waals surface area contributed by atoms with E-state index in [0.29, 0.717) is 11.8 Å². The normalized spacial score (nSPS) is 26.2. The SMILES string of the molecule is CC(C)(C)OC(=O)N1CCC(C(CN)C2CC2)C1. The molecule has 1 amide bonds. The summed E-state index contributed by atoms with van der Waals surface area (Å²) < 4.78 is 5.42. The van der Waals surface area contributed by atoms with E-state index in [1.807, 2.05) is 25.7 Å². The van der Waals surface area contributed by atoms with Crippen LogP contribution >= 0.6 is 0 Å². The van der Waals surface area contributed by atoms with Gasteiger partial charge in [-0.1, -0.05) is 0 Å². The lowest BCUT2D eigenvalue weighted by Crippen LogP contribution is -2.36. The molecule has 18 heavy (non-hydrogen) atoms. The first-order valence-corrected chi connectivity index (χ1v) is 7.08. The molecule has 2 unspecified atom stereocenters. The van der Waals surface area contributed by atoms with Gasteiger partial charge in [0.15, 0.2) is 0 Å². The number of hydrogen-bond acceptors (Lipinski definition) is 3. The molecule has 0 aromatic carbocycles. The van der Waals surface area contributed by atoms with Crippen LogP contribution in [-0.2, 0) is 4.74 Å². The van der Waals surface area contributed by atoms with E-state index in [0.717, 1.165) is 32.0 Å². The average molecular weight is 254 g/mol. The molecule has 1 saturated carbocycles. The Bertz CT molecular complexity index is 307. The van der Waals surface area contributed by atoms with E-state index in [1.165, 1.54) is 12.8 Å². The Morgan fingerprint density at radius 2 is 2.00 bits per heavy atom. The molecule has 4 nitrogen and oxygen atoms in total. The van der Waals surface area contributed by atoms with Crippen molar-refractivity contribution in [3.8, 4) is 0 Å². The highest BCUT2D eigenvalue weighted by molar-refractivity contribution is 5.68. The van der Waals surface area contributed by atoms with E-state index < -0.39 is 5.60 Å². The first kappa shape index (κ1) is 13.7. The average Bonchev–Trinajstić information content (AvgIpc) is 2.94. The third-order valence-electron chi connectivity index (χ3n) is 3.98. The van der Waals surface area contributed by atoms with Gasteiger partial charge in [-0.15, -0.1) is 0 Å². The minimum Gasteiger partial charge on any atom is -0.444 e. The number of hydrogen-bond donors (Lipinski definition) is 1. The van der Waals surface area contributed by atoms with E-state index in [9.17, 15) is 4.79 Å². The van der Waals surface area contributed by atoms with Gasteiger partial charge in [-0.2, -0.15) is 0 Å². The molecule has 2 rings (SSSR count). The van der Waals surface area contributed by atoms with E-state index in [4.69, 9.17) is 10.5 Å². The Hall–Kier alpha value is -0.770. The van der Waals surface area contributed by atoms with Crippen LogP contribution in [0.15, 0.2) is 0 Å². The maximum atomic E-state index is 12.0. The Balaban J connectivity index is 1.85. The zero-order chi connectivity index (χ0) is 13.3. The zero-order valence-corrected chi connectivity index (χ0v) is 11.8. The van der Waals surface area contributed by atoms with E-state index in [2.05, 4.69) is 0 Å². The summed E-state index contributed by atoms with van der Waals surface area (Å²) in [5.74, 6) is 2.01. The first-order valence-electron chi connectivity index (χ1n) is 7.08. The lowest BCUT2D eigenvalue weighted by atomic mass is 9.87. The minimum atomic E-state index is -0.404. The summed E-state index contributed by atoms with van der Waals surface area (Å²) >= 11 is 0. The molecule has 0 aromatic rings. The summed E-state index contributed by atoms with van der Waals surface area (Å²) in [5.41, 5.74) is 5.48. The molecule has 0 spiro atoms. The van der Waals surface area contributed by atoms with Crippen LogP contribution in [0.3, 0.4) is 0 Å². The van der Waals surface area contributed by atoms with E-state index in [1.54, 1.807) is 0 Å². The second kappa shape index (κ2) is 5.08. The fraction of sp³-hybridized carbons (Fsp3) is 0.929. The summed E-state index contributed by atoms with van der Waals surface area (Å²) in [4.78, 5) is 13.8. The molecule has 2 atom stereocenters. The monoisotopic (exact) mass is 254 g/mol. The molecule has 0 bridgehead atoms. The van der Waals surface area contributed by atoms with Gasteiger partial charge in [-0.05, 0) is 64.3 Å². The molecular formula is C14H26N2O2. The molecule has 1 saturated heterocycles. The summed E-state index contributed by atoms with van der Waals surface area (Å²) in [6, 6.07) is 0. The van der Waals surface area contributed by atoms with Gasteiger partial charge in [0.05, 0.1) is 0 Å². The van der Waals surface area contributed by atoms with Crippen molar-refractivity contribution in [1.82, 2.24) is 4.90 Å². The summed E-state index contributed by atoms with van der Waals surface area (Å²) in [5, 5.41) is 0. The highest BCUT2D eigenvalue weighted by Crippen LogP contribution is 2.42. The predicted molar refractivity (Wildman–Crippen MR) is 71.2 cm³/mol. The van der Waals surface area contributed by atoms with Crippen molar-refractivity contribution >= 4 is 6.09 Å². The Kier molecular flexibility index (Phi) is 3.85. The van der Waals surface area contributed by atoms with Crippen LogP contribution in [0.2, 0.25) is 0 Å². The van der Waals surface area contributed by atoms with Crippen molar-refractivity contribution < 1.29 is 9.53 Å².